The summed E-state index contributed by atoms with van der Waals surface area (Å²) >= 11 is 0. The van der Waals surface area contributed by atoms with Crippen molar-refractivity contribution in [3.8, 4) is 23.1 Å². The van der Waals surface area contributed by atoms with Crippen molar-refractivity contribution in [3.05, 3.63) is 24.3 Å². The highest BCUT2D eigenvalue weighted by Gasteiger charge is 2.14. The molecule has 0 aliphatic rings. The minimum Gasteiger partial charge on any atom is -0.494 e. The molecule has 6 nitrogen and oxygen atoms in total. The molecule has 2 N–H and O–H groups in total. The van der Waals surface area contributed by atoms with Crippen LogP contribution in [0.5, 0.6) is 17.4 Å². The van der Waals surface area contributed by atoms with E-state index in [0.29, 0.717) is 31.5 Å². The zero-order valence-electron chi connectivity index (χ0n) is 21.1. The van der Waals surface area contributed by atoms with Crippen LogP contribution in [0.1, 0.15) is 97.8 Å². The first-order valence-electron chi connectivity index (χ1n) is 13.1. The first-order chi connectivity index (χ1) is 16.2. The van der Waals surface area contributed by atoms with E-state index in [9.17, 15) is 0 Å². The minimum absolute atomic E-state index is 0.510. The Morgan fingerprint density at radius 2 is 1.33 bits per heavy atom. The summed E-state index contributed by atoms with van der Waals surface area (Å²) in [6, 6.07) is 7.64. The quantitative estimate of drug-likeness (QED) is 0.223. The monoisotopic (exact) mass is 459 g/mol. The summed E-state index contributed by atoms with van der Waals surface area (Å²) in [4.78, 5) is 0. The van der Waals surface area contributed by atoms with E-state index in [-0.39, 0.29) is 0 Å². The normalized spacial score (nSPS) is 11.0. The molecule has 2 rings (SSSR count). The van der Waals surface area contributed by atoms with Gasteiger partial charge in [-0.25, -0.2) is 4.68 Å². The van der Waals surface area contributed by atoms with Crippen LogP contribution in [0.3, 0.4) is 0 Å². The lowest BCUT2D eigenvalue weighted by Gasteiger charge is -2.15. The Kier molecular flexibility index (Phi) is 13.3. The van der Waals surface area contributed by atoms with Crippen LogP contribution in [0.2, 0.25) is 0 Å². The predicted molar refractivity (Wildman–Crippen MR) is 137 cm³/mol. The predicted octanol–water partition coefficient (Wildman–Crippen LogP) is 7.33. The smallest absolute Gasteiger partial charge is 0.235 e. The molecule has 0 spiro atoms. The van der Waals surface area contributed by atoms with Crippen molar-refractivity contribution in [3.63, 3.8) is 0 Å². The fourth-order valence-electron chi connectivity index (χ4n) is 3.80. The number of nitrogen functional groups attached to an aromatic ring is 1. The van der Waals surface area contributed by atoms with Crippen molar-refractivity contribution in [1.82, 2.24) is 9.78 Å². The van der Waals surface area contributed by atoms with E-state index in [0.717, 1.165) is 30.0 Å². The maximum Gasteiger partial charge on any atom is 0.235 e. The Morgan fingerprint density at radius 1 is 0.727 bits per heavy atom. The van der Waals surface area contributed by atoms with Crippen LogP contribution in [0.4, 0.5) is 5.82 Å². The molecule has 1 heterocycles. The average Bonchev–Trinajstić information content (AvgIpc) is 3.18. The van der Waals surface area contributed by atoms with E-state index in [1.165, 1.54) is 64.2 Å². The van der Waals surface area contributed by atoms with E-state index in [2.05, 4.69) is 18.9 Å². The SMILES string of the molecule is CCCCCCCCOc1ccc(OCCCCCCCC)c(-n2nc(OCC)cc2N)c1. The van der Waals surface area contributed by atoms with Gasteiger partial charge in [0.05, 0.1) is 19.8 Å². The van der Waals surface area contributed by atoms with Gasteiger partial charge in [0.15, 0.2) is 0 Å². The Balaban J connectivity index is 2.00. The molecule has 186 valence electrons. The number of hydrogen-bond acceptors (Lipinski definition) is 5. The number of hydrogen-bond donors (Lipinski definition) is 1. The highest BCUT2D eigenvalue weighted by molar-refractivity contribution is 5.55. The molecule has 2 aromatic rings. The number of ether oxygens (including phenoxy) is 3. The third kappa shape index (κ3) is 9.97. The summed E-state index contributed by atoms with van der Waals surface area (Å²) in [5.74, 6) is 2.58. The molecule has 6 heteroatoms. The van der Waals surface area contributed by atoms with Gasteiger partial charge in [-0.15, -0.1) is 5.10 Å². The topological polar surface area (TPSA) is 71.5 Å². The summed E-state index contributed by atoms with van der Waals surface area (Å²) in [6.07, 6.45) is 14.8. The minimum atomic E-state index is 0.510. The molecule has 1 aromatic carbocycles. The van der Waals surface area contributed by atoms with Crippen molar-refractivity contribution >= 4 is 5.82 Å². The molecule has 0 amide bonds. The molecular formula is C27H45N3O3. The summed E-state index contributed by atoms with van der Waals surface area (Å²) < 4.78 is 19.4. The fourth-order valence-corrected chi connectivity index (χ4v) is 3.80. The van der Waals surface area contributed by atoms with Crippen LogP contribution in [0, 0.1) is 0 Å². The zero-order chi connectivity index (χ0) is 23.7. The molecule has 0 aliphatic carbocycles. The largest absolute Gasteiger partial charge is 0.494 e. The van der Waals surface area contributed by atoms with E-state index in [4.69, 9.17) is 19.9 Å². The first kappa shape index (κ1) is 26.9. The maximum atomic E-state index is 6.25. The van der Waals surface area contributed by atoms with Gasteiger partial charge in [-0.2, -0.15) is 0 Å². The summed E-state index contributed by atoms with van der Waals surface area (Å²) in [5.41, 5.74) is 7.03. The highest BCUT2D eigenvalue weighted by Crippen LogP contribution is 2.31. The van der Waals surface area contributed by atoms with Crippen molar-refractivity contribution in [2.24, 2.45) is 0 Å². The number of unbranched alkanes of at least 4 members (excludes halogenated alkanes) is 10. The van der Waals surface area contributed by atoms with E-state index in [1.54, 1.807) is 10.7 Å². The molecule has 0 bridgehead atoms. The van der Waals surface area contributed by atoms with Gasteiger partial charge < -0.3 is 19.9 Å². The standard InChI is InChI=1S/C27H45N3O3/c1-4-7-9-11-13-15-19-32-23-17-18-25(33-20-16-14-12-10-8-5-2)24(21-23)30-26(28)22-27(29-30)31-6-3/h17-18,21-22H,4-16,19-20,28H2,1-3H3. The molecule has 0 saturated heterocycles. The molecule has 33 heavy (non-hydrogen) atoms. The maximum absolute atomic E-state index is 6.25. The second-order valence-corrected chi connectivity index (χ2v) is 8.61. The number of nitrogens with zero attached hydrogens (tertiary/aromatic N) is 2. The van der Waals surface area contributed by atoms with E-state index in [1.807, 2.05) is 25.1 Å². The van der Waals surface area contributed by atoms with Crippen LogP contribution >= 0.6 is 0 Å². The second-order valence-electron chi connectivity index (χ2n) is 8.61. The van der Waals surface area contributed by atoms with Crippen molar-refractivity contribution in [1.29, 1.82) is 0 Å². The fraction of sp³-hybridized carbons (Fsp3) is 0.667. The van der Waals surface area contributed by atoms with Gasteiger partial charge in [-0.1, -0.05) is 78.1 Å². The van der Waals surface area contributed by atoms with Crippen LogP contribution in [-0.4, -0.2) is 29.6 Å². The van der Waals surface area contributed by atoms with Gasteiger partial charge in [0, 0.05) is 12.1 Å². The number of anilines is 1. The molecular weight excluding hydrogens is 414 g/mol. The van der Waals surface area contributed by atoms with Crippen LogP contribution in [0.15, 0.2) is 24.3 Å². The molecule has 0 unspecified atom stereocenters. The summed E-state index contributed by atoms with van der Waals surface area (Å²) in [7, 11) is 0. The van der Waals surface area contributed by atoms with E-state index < -0.39 is 0 Å². The van der Waals surface area contributed by atoms with Gasteiger partial charge in [-0.3, -0.25) is 0 Å². The lowest BCUT2D eigenvalue weighted by atomic mass is 10.1. The third-order valence-electron chi connectivity index (χ3n) is 5.69. The van der Waals surface area contributed by atoms with Gasteiger partial charge in [0.25, 0.3) is 0 Å². The van der Waals surface area contributed by atoms with Crippen LogP contribution in [0.25, 0.3) is 5.69 Å². The number of rotatable bonds is 19. The molecule has 0 atom stereocenters. The van der Waals surface area contributed by atoms with Crippen LogP contribution in [-0.2, 0) is 0 Å². The number of aromatic nitrogens is 2. The van der Waals surface area contributed by atoms with E-state index >= 15 is 0 Å². The Hall–Kier alpha value is -2.37. The van der Waals surface area contributed by atoms with Gasteiger partial charge in [0.1, 0.15) is 23.0 Å². The average molecular weight is 460 g/mol. The van der Waals surface area contributed by atoms with Gasteiger partial charge in [0.2, 0.25) is 5.88 Å². The Morgan fingerprint density at radius 3 is 1.97 bits per heavy atom. The highest BCUT2D eigenvalue weighted by atomic mass is 16.5. The molecule has 1 aromatic heterocycles. The molecule has 0 fully saturated rings. The van der Waals surface area contributed by atoms with Crippen molar-refractivity contribution < 1.29 is 14.2 Å². The zero-order valence-corrected chi connectivity index (χ0v) is 21.1. The Bertz CT molecular complexity index is 776. The van der Waals surface area contributed by atoms with Crippen molar-refractivity contribution in [2.45, 2.75) is 97.8 Å². The summed E-state index contributed by atoms with van der Waals surface area (Å²) in [5, 5.41) is 4.52. The molecule has 0 radical (unpaired) electrons. The number of nitrogens with two attached hydrogens (primary N) is 1. The van der Waals surface area contributed by atoms with Crippen molar-refractivity contribution in [2.75, 3.05) is 25.6 Å². The summed E-state index contributed by atoms with van der Waals surface area (Å²) in [6.45, 7) is 8.34. The lowest BCUT2D eigenvalue weighted by molar-refractivity contribution is 0.294. The number of benzene rings is 1. The van der Waals surface area contributed by atoms with Gasteiger partial charge in [-0.05, 0) is 31.9 Å². The molecule has 0 saturated carbocycles. The van der Waals surface area contributed by atoms with Gasteiger partial charge >= 0.3 is 0 Å². The first-order valence-corrected chi connectivity index (χ1v) is 13.1. The molecule has 0 aliphatic heterocycles. The third-order valence-corrected chi connectivity index (χ3v) is 5.69. The Labute approximate surface area is 200 Å². The van der Waals surface area contributed by atoms with Crippen LogP contribution < -0.4 is 19.9 Å². The second kappa shape index (κ2) is 16.3. The lowest BCUT2D eigenvalue weighted by Crippen LogP contribution is -2.07.